The first kappa shape index (κ1) is 4.97. The highest BCUT2D eigenvalue weighted by molar-refractivity contribution is 4.68. The molecule has 1 aliphatic heterocycles. The van der Waals surface area contributed by atoms with E-state index in [0.29, 0.717) is 6.42 Å². The molecule has 1 heterocycles. The number of hydrogen-bond donors (Lipinski definition) is 0. The topological polar surface area (TPSA) is 9.23 Å². The van der Waals surface area contributed by atoms with Crippen molar-refractivity contribution in [2.45, 2.75) is 19.0 Å². The van der Waals surface area contributed by atoms with Gasteiger partial charge in [-0.2, -0.15) is 8.78 Å². The number of ether oxygens (including phenoxy) is 1. The zero-order valence-corrected chi connectivity index (χ0v) is 3.66. The Morgan fingerprint density at radius 1 is 1.57 bits per heavy atom. The summed E-state index contributed by atoms with van der Waals surface area (Å²) in [6.07, 6.45) is -2.65. The molecular weight excluding hydrogens is 102 g/mol. The molecule has 0 aromatic carbocycles. The van der Waals surface area contributed by atoms with Crippen molar-refractivity contribution in [1.29, 1.82) is 0 Å². The van der Waals surface area contributed by atoms with Gasteiger partial charge in [0, 0.05) is 6.42 Å². The number of rotatable bonds is 0. The lowest BCUT2D eigenvalue weighted by atomic mass is 10.4. The molecule has 1 radical (unpaired) electrons. The second kappa shape index (κ2) is 1.40. The third kappa shape index (κ3) is 1.09. The van der Waals surface area contributed by atoms with E-state index in [4.69, 9.17) is 0 Å². The third-order valence-corrected chi connectivity index (χ3v) is 0.809. The highest BCUT2D eigenvalue weighted by atomic mass is 19.3. The zero-order chi connectivity index (χ0) is 5.33. The molecule has 0 saturated carbocycles. The van der Waals surface area contributed by atoms with Gasteiger partial charge in [-0.3, -0.25) is 0 Å². The summed E-state index contributed by atoms with van der Waals surface area (Å²) < 4.78 is 27.3. The van der Waals surface area contributed by atoms with E-state index < -0.39 is 6.11 Å². The Morgan fingerprint density at radius 3 is 2.43 bits per heavy atom. The molecule has 0 unspecified atom stereocenters. The van der Waals surface area contributed by atoms with Gasteiger partial charge in [-0.15, -0.1) is 0 Å². The maximum Gasteiger partial charge on any atom is 0.356 e. The second-order valence-corrected chi connectivity index (χ2v) is 1.46. The van der Waals surface area contributed by atoms with Crippen LogP contribution in [0.1, 0.15) is 12.8 Å². The third-order valence-electron chi connectivity index (χ3n) is 0.809. The fourth-order valence-electron chi connectivity index (χ4n) is 0.467. The SMILES string of the molecule is FC1(F)CC[CH]O1. The summed E-state index contributed by atoms with van der Waals surface area (Å²) in [5.74, 6) is 0. The van der Waals surface area contributed by atoms with E-state index in [1.165, 1.54) is 0 Å². The monoisotopic (exact) mass is 107 g/mol. The van der Waals surface area contributed by atoms with Crippen LogP contribution < -0.4 is 0 Å². The predicted octanol–water partition coefficient (Wildman–Crippen LogP) is 1.55. The average molecular weight is 107 g/mol. The summed E-state index contributed by atoms with van der Waals surface area (Å²) in [5.41, 5.74) is 0. The molecule has 0 atom stereocenters. The summed E-state index contributed by atoms with van der Waals surface area (Å²) in [5, 5.41) is 0. The number of hydrogen-bond acceptors (Lipinski definition) is 1. The van der Waals surface area contributed by atoms with Crippen molar-refractivity contribution >= 4 is 0 Å². The van der Waals surface area contributed by atoms with Gasteiger partial charge in [0.1, 0.15) is 0 Å². The molecule has 0 spiro atoms. The van der Waals surface area contributed by atoms with E-state index in [-0.39, 0.29) is 6.42 Å². The molecule has 41 valence electrons. The summed E-state index contributed by atoms with van der Waals surface area (Å²) in [4.78, 5) is 0. The van der Waals surface area contributed by atoms with Crippen LogP contribution in [0.4, 0.5) is 8.78 Å². The molecule has 0 aromatic rings. The van der Waals surface area contributed by atoms with E-state index in [1.807, 2.05) is 0 Å². The second-order valence-electron chi connectivity index (χ2n) is 1.46. The van der Waals surface area contributed by atoms with Crippen LogP contribution in [0.25, 0.3) is 0 Å². The van der Waals surface area contributed by atoms with Crippen molar-refractivity contribution in [2.24, 2.45) is 0 Å². The molecule has 0 aliphatic carbocycles. The van der Waals surface area contributed by atoms with Gasteiger partial charge >= 0.3 is 6.11 Å². The van der Waals surface area contributed by atoms with Crippen molar-refractivity contribution < 1.29 is 13.5 Å². The lowest BCUT2D eigenvalue weighted by Gasteiger charge is -2.03. The van der Waals surface area contributed by atoms with Crippen LogP contribution >= 0.6 is 0 Å². The Labute approximate surface area is 40.3 Å². The molecule has 1 aliphatic rings. The van der Waals surface area contributed by atoms with Crippen molar-refractivity contribution in [2.75, 3.05) is 0 Å². The van der Waals surface area contributed by atoms with Crippen LogP contribution in [-0.4, -0.2) is 6.11 Å². The van der Waals surface area contributed by atoms with Crippen LogP contribution in [-0.2, 0) is 4.74 Å². The number of alkyl halides is 2. The normalized spacial score (nSPS) is 28.3. The average Bonchev–Trinajstić information content (AvgIpc) is 1.84. The van der Waals surface area contributed by atoms with Crippen LogP contribution in [0.3, 0.4) is 0 Å². The summed E-state index contributed by atoms with van der Waals surface area (Å²) in [6.45, 7) is 1.14. The first-order valence-electron chi connectivity index (χ1n) is 2.08. The van der Waals surface area contributed by atoms with Crippen LogP contribution in [0.2, 0.25) is 0 Å². The fourth-order valence-corrected chi connectivity index (χ4v) is 0.467. The summed E-state index contributed by atoms with van der Waals surface area (Å²) >= 11 is 0. The van der Waals surface area contributed by atoms with Gasteiger partial charge in [-0.05, 0) is 6.42 Å². The molecule has 7 heavy (non-hydrogen) atoms. The Bertz CT molecular complexity index is 64.1. The largest absolute Gasteiger partial charge is 0.356 e. The quantitative estimate of drug-likeness (QED) is 0.456. The highest BCUT2D eigenvalue weighted by Crippen LogP contribution is 2.30. The maximum absolute atomic E-state index is 11.7. The van der Waals surface area contributed by atoms with Gasteiger partial charge in [0.15, 0.2) is 0 Å². The molecule has 3 heteroatoms. The van der Waals surface area contributed by atoms with Gasteiger partial charge in [0.25, 0.3) is 0 Å². The number of halogens is 2. The zero-order valence-electron chi connectivity index (χ0n) is 3.66. The summed E-state index contributed by atoms with van der Waals surface area (Å²) in [6, 6.07) is 0. The molecule has 1 saturated heterocycles. The first-order valence-corrected chi connectivity index (χ1v) is 2.08. The van der Waals surface area contributed by atoms with E-state index in [9.17, 15) is 8.78 Å². The molecule has 0 N–H and O–H groups in total. The van der Waals surface area contributed by atoms with Crippen molar-refractivity contribution in [3.05, 3.63) is 6.61 Å². The lowest BCUT2D eigenvalue weighted by Crippen LogP contribution is -2.10. The van der Waals surface area contributed by atoms with Crippen LogP contribution in [0.5, 0.6) is 0 Å². The molecule has 1 rings (SSSR count). The van der Waals surface area contributed by atoms with Gasteiger partial charge in [-0.1, -0.05) is 0 Å². The molecule has 0 amide bonds. The molecular formula is C4H5F2O. The maximum atomic E-state index is 11.7. The van der Waals surface area contributed by atoms with Crippen LogP contribution in [0.15, 0.2) is 0 Å². The Balaban J connectivity index is 2.40. The van der Waals surface area contributed by atoms with E-state index in [2.05, 4.69) is 4.74 Å². The minimum Gasteiger partial charge on any atom is -0.314 e. The molecule has 1 fully saturated rings. The first-order chi connectivity index (χ1) is 3.21. The van der Waals surface area contributed by atoms with Gasteiger partial charge in [0.05, 0.1) is 6.61 Å². The molecule has 0 aromatic heterocycles. The Kier molecular flexibility index (Phi) is 0.995. The Hall–Kier alpha value is -0.180. The smallest absolute Gasteiger partial charge is 0.314 e. The van der Waals surface area contributed by atoms with Gasteiger partial charge in [-0.25, -0.2) is 0 Å². The van der Waals surface area contributed by atoms with Crippen molar-refractivity contribution in [1.82, 2.24) is 0 Å². The van der Waals surface area contributed by atoms with Crippen LogP contribution in [0, 0.1) is 6.61 Å². The predicted molar refractivity (Wildman–Crippen MR) is 19.6 cm³/mol. The van der Waals surface area contributed by atoms with E-state index in [1.54, 1.807) is 0 Å². The highest BCUT2D eigenvalue weighted by Gasteiger charge is 2.34. The Morgan fingerprint density at radius 2 is 2.29 bits per heavy atom. The lowest BCUT2D eigenvalue weighted by molar-refractivity contribution is -0.191. The van der Waals surface area contributed by atoms with E-state index in [0.717, 1.165) is 6.61 Å². The van der Waals surface area contributed by atoms with E-state index >= 15 is 0 Å². The fraction of sp³-hybridized carbons (Fsp3) is 0.750. The summed E-state index contributed by atoms with van der Waals surface area (Å²) in [7, 11) is 0. The van der Waals surface area contributed by atoms with Gasteiger partial charge in [0.2, 0.25) is 0 Å². The molecule has 0 bridgehead atoms. The molecule has 1 nitrogen and oxygen atoms in total. The minimum atomic E-state index is -2.86. The van der Waals surface area contributed by atoms with Gasteiger partial charge < -0.3 is 4.74 Å². The standard InChI is InChI=1S/C4H5F2O/c5-4(6)2-1-3-7-4/h3H,1-2H2. The van der Waals surface area contributed by atoms with Crippen molar-refractivity contribution in [3.63, 3.8) is 0 Å². The van der Waals surface area contributed by atoms with Crippen molar-refractivity contribution in [3.8, 4) is 0 Å². The minimum absolute atomic E-state index is 0.160.